The van der Waals surface area contributed by atoms with E-state index >= 15 is 0 Å². The smallest absolute Gasteiger partial charge is 0.252 e. The minimum Gasteiger partial charge on any atom is -0.334 e. The van der Waals surface area contributed by atoms with Crippen molar-refractivity contribution in [1.29, 1.82) is 0 Å². The zero-order chi connectivity index (χ0) is 49.6. The largest absolute Gasteiger partial charge is 0.334 e. The fourth-order valence-electron chi connectivity index (χ4n) is 15.5. The summed E-state index contributed by atoms with van der Waals surface area (Å²) in [5.41, 5.74) is 23.8. The summed E-state index contributed by atoms with van der Waals surface area (Å²) >= 11 is 1.92. The maximum Gasteiger partial charge on any atom is 0.252 e. The number of hydrogen-bond donors (Lipinski definition) is 0. The van der Waals surface area contributed by atoms with Crippen molar-refractivity contribution in [2.75, 3.05) is 14.7 Å². The van der Waals surface area contributed by atoms with Crippen LogP contribution in [-0.4, -0.2) is 12.3 Å². The molecule has 1 aromatic heterocycles. The molecule has 1 saturated carbocycles. The van der Waals surface area contributed by atoms with Crippen LogP contribution in [0, 0.1) is 6.92 Å². The van der Waals surface area contributed by atoms with E-state index in [4.69, 9.17) is 0 Å². The summed E-state index contributed by atoms with van der Waals surface area (Å²) in [5, 5.41) is 2.68. The molecule has 3 aliphatic heterocycles. The molecule has 14 rings (SSSR count). The average molecular weight is 960 g/mol. The van der Waals surface area contributed by atoms with Gasteiger partial charge in [0.25, 0.3) is 6.71 Å². The molecule has 3 aliphatic carbocycles. The Hall–Kier alpha value is -5.78. The number of benzene rings is 7. The summed E-state index contributed by atoms with van der Waals surface area (Å²) in [6.45, 7) is 27.4. The van der Waals surface area contributed by atoms with Crippen LogP contribution in [0.15, 0.2) is 127 Å². The molecule has 72 heavy (non-hydrogen) atoms. The Labute approximate surface area is 433 Å². The highest BCUT2D eigenvalue weighted by Crippen LogP contribution is 2.61. The van der Waals surface area contributed by atoms with Crippen molar-refractivity contribution >= 4 is 100 Å². The van der Waals surface area contributed by atoms with Crippen molar-refractivity contribution in [2.45, 2.75) is 160 Å². The highest BCUT2D eigenvalue weighted by atomic mass is 32.1. The van der Waals surface area contributed by atoms with Crippen LogP contribution in [0.2, 0.25) is 0 Å². The third kappa shape index (κ3) is 5.98. The third-order valence-electron chi connectivity index (χ3n) is 20.2. The van der Waals surface area contributed by atoms with Crippen molar-refractivity contribution in [2.24, 2.45) is 0 Å². The first kappa shape index (κ1) is 44.9. The molecule has 0 radical (unpaired) electrons. The van der Waals surface area contributed by atoms with Gasteiger partial charge >= 0.3 is 0 Å². The van der Waals surface area contributed by atoms with Crippen molar-refractivity contribution in [3.63, 3.8) is 0 Å². The summed E-state index contributed by atoms with van der Waals surface area (Å²) in [6, 6.07) is 51.3. The van der Waals surface area contributed by atoms with Crippen LogP contribution in [-0.2, 0) is 27.1 Å². The lowest BCUT2D eigenvalue weighted by Crippen LogP contribution is -2.62. The van der Waals surface area contributed by atoms with Gasteiger partial charge in [0.15, 0.2) is 0 Å². The van der Waals surface area contributed by atoms with Gasteiger partial charge in [0.1, 0.15) is 0 Å². The zero-order valence-corrected chi connectivity index (χ0v) is 45.4. The average Bonchev–Trinajstić information content (AvgIpc) is 3.83. The molecule has 8 aromatic rings. The molecular formula is C67H70BN3S. The highest BCUT2D eigenvalue weighted by Gasteiger charge is 2.58. The van der Waals surface area contributed by atoms with Gasteiger partial charge in [-0.05, 0) is 191 Å². The predicted molar refractivity (Wildman–Crippen MR) is 311 cm³/mol. The molecule has 0 saturated heterocycles. The molecule has 6 aliphatic rings. The summed E-state index contributed by atoms with van der Waals surface area (Å²) in [7, 11) is 0. The topological polar surface area (TPSA) is 9.72 Å². The van der Waals surface area contributed by atoms with E-state index in [2.05, 4.69) is 218 Å². The molecule has 7 aromatic carbocycles. The zero-order valence-electron chi connectivity index (χ0n) is 44.6. The van der Waals surface area contributed by atoms with Crippen molar-refractivity contribution in [3.8, 4) is 0 Å². The van der Waals surface area contributed by atoms with Crippen LogP contribution in [0.1, 0.15) is 154 Å². The van der Waals surface area contributed by atoms with E-state index in [0.29, 0.717) is 0 Å². The van der Waals surface area contributed by atoms with Gasteiger partial charge in [0, 0.05) is 71.1 Å². The molecule has 362 valence electrons. The third-order valence-corrected chi connectivity index (χ3v) is 21.3. The Kier molecular flexibility index (Phi) is 9.17. The first-order valence-electron chi connectivity index (χ1n) is 27.3. The van der Waals surface area contributed by atoms with E-state index in [-0.39, 0.29) is 39.3 Å². The van der Waals surface area contributed by atoms with Crippen molar-refractivity contribution in [1.82, 2.24) is 0 Å². The summed E-state index contributed by atoms with van der Waals surface area (Å²) in [5.74, 6) is 0. The maximum absolute atomic E-state index is 2.78. The van der Waals surface area contributed by atoms with Crippen LogP contribution in [0.3, 0.4) is 0 Å². The van der Waals surface area contributed by atoms with Gasteiger partial charge in [-0.25, -0.2) is 0 Å². The number of fused-ring (bicyclic) bond motifs is 12. The van der Waals surface area contributed by atoms with E-state index in [1.165, 1.54) is 167 Å². The van der Waals surface area contributed by atoms with Gasteiger partial charge in [-0.15, -0.1) is 11.3 Å². The monoisotopic (exact) mass is 960 g/mol. The van der Waals surface area contributed by atoms with Gasteiger partial charge < -0.3 is 14.7 Å². The number of rotatable bonds is 3. The lowest BCUT2D eigenvalue weighted by atomic mass is 9.33. The van der Waals surface area contributed by atoms with Gasteiger partial charge in [-0.3, -0.25) is 0 Å². The molecule has 2 unspecified atom stereocenters. The van der Waals surface area contributed by atoms with Crippen molar-refractivity contribution in [3.05, 3.63) is 161 Å². The van der Waals surface area contributed by atoms with E-state index in [1.807, 2.05) is 11.3 Å². The molecule has 2 atom stereocenters. The van der Waals surface area contributed by atoms with E-state index < -0.39 is 0 Å². The summed E-state index contributed by atoms with van der Waals surface area (Å²) in [6.07, 6.45) is 9.67. The number of para-hydroxylation sites is 1. The molecule has 1 fully saturated rings. The van der Waals surface area contributed by atoms with Gasteiger partial charge in [0.05, 0.1) is 5.54 Å². The van der Waals surface area contributed by atoms with E-state index in [9.17, 15) is 0 Å². The minimum atomic E-state index is -0.0473. The number of hydrogen-bond acceptors (Lipinski definition) is 4. The van der Waals surface area contributed by atoms with Gasteiger partial charge in [-0.1, -0.05) is 136 Å². The first-order valence-corrected chi connectivity index (χ1v) is 28.2. The molecule has 0 bridgehead atoms. The molecule has 0 spiro atoms. The lowest BCUT2D eigenvalue weighted by molar-refractivity contribution is 0.195. The molecule has 5 heteroatoms. The lowest BCUT2D eigenvalue weighted by Gasteiger charge is -2.51. The Morgan fingerprint density at radius 2 is 0.986 bits per heavy atom. The SMILES string of the molecule is Cc1cc2c3c(c1)N(c1ccc4c(c1)C(C)(C)CCC4(C)C)c1cc4c(cc1B3c1ccc(N3c5ccccc5C5(C)CCCCC35C)cc1N2c1ccc2c(c1)sc1ccccc12)C(C)(C)CCC4(C)C. The number of anilines is 8. The number of aryl methyl sites for hydroxylation is 1. The normalized spacial score (nSPS) is 23.5. The van der Waals surface area contributed by atoms with Crippen LogP contribution in [0.5, 0.6) is 0 Å². The second-order valence-electron chi connectivity index (χ2n) is 26.2. The molecule has 0 N–H and O–H groups in total. The van der Waals surface area contributed by atoms with Crippen LogP contribution >= 0.6 is 11.3 Å². The van der Waals surface area contributed by atoms with Crippen molar-refractivity contribution < 1.29 is 0 Å². The van der Waals surface area contributed by atoms with E-state index in [1.54, 1.807) is 0 Å². The fourth-order valence-corrected chi connectivity index (χ4v) is 16.7. The Morgan fingerprint density at radius 3 is 1.72 bits per heavy atom. The molecule has 4 heterocycles. The van der Waals surface area contributed by atoms with Crippen LogP contribution in [0.4, 0.5) is 45.5 Å². The fraction of sp³-hybridized carbons (Fsp3) is 0.373. The van der Waals surface area contributed by atoms with Crippen LogP contribution in [0.25, 0.3) is 20.2 Å². The standard InChI is InChI=1S/C67H70BN3S/c1-41-34-57-61-58(35-41)70(43-22-25-46-45-18-12-15-21-59(45)72-60(46)38-43)55-37-44(71-54-20-14-13-19-48(54)66(10)28-16-17-29-67(66,71)11)24-27-52(55)68(61)53-39-50-51(65(8,9)33-32-64(50,6)7)40-56(53)69(57)42-23-26-47-49(36-42)63(4,5)31-30-62(47,2)3/h12-15,18-27,34-40H,16-17,28-33H2,1-11H3. The number of thiophene rings is 1. The first-order chi connectivity index (χ1) is 34.3. The van der Waals surface area contributed by atoms with E-state index in [0.717, 1.165) is 0 Å². The highest BCUT2D eigenvalue weighted by molar-refractivity contribution is 7.25. The maximum atomic E-state index is 2.78. The minimum absolute atomic E-state index is 0.0377. The second-order valence-corrected chi connectivity index (χ2v) is 27.3. The molecule has 3 nitrogen and oxygen atoms in total. The molecule has 0 amide bonds. The quantitative estimate of drug-likeness (QED) is 0.163. The summed E-state index contributed by atoms with van der Waals surface area (Å²) in [4.78, 5) is 8.18. The summed E-state index contributed by atoms with van der Waals surface area (Å²) < 4.78 is 2.67. The predicted octanol–water partition coefficient (Wildman–Crippen LogP) is 16.9. The number of nitrogens with zero attached hydrogens (tertiary/aromatic N) is 3. The Morgan fingerprint density at radius 1 is 0.417 bits per heavy atom. The molecular weight excluding hydrogens is 890 g/mol. The Bertz CT molecular complexity index is 3650. The van der Waals surface area contributed by atoms with Gasteiger partial charge in [-0.2, -0.15) is 0 Å². The van der Waals surface area contributed by atoms with Crippen LogP contribution < -0.4 is 31.1 Å². The Balaban J connectivity index is 1.07. The van der Waals surface area contributed by atoms with Gasteiger partial charge in [0.2, 0.25) is 0 Å². The second kappa shape index (κ2) is 14.7.